The van der Waals surface area contributed by atoms with Gasteiger partial charge in [-0.1, -0.05) is 19.9 Å². The van der Waals surface area contributed by atoms with Gasteiger partial charge in [-0.25, -0.2) is 9.18 Å². The van der Waals surface area contributed by atoms with Crippen LogP contribution in [-0.2, 0) is 0 Å². The minimum Gasteiger partial charge on any atom is -0.478 e. The number of carbonyl (C=O) groups is 1. The highest BCUT2D eigenvalue weighted by atomic mass is 19.1. The molecule has 0 saturated carbocycles. The molecule has 0 aliphatic carbocycles. The Morgan fingerprint density at radius 1 is 1.42 bits per heavy atom. The molecule has 0 aromatic heterocycles. The maximum atomic E-state index is 13.7. The summed E-state index contributed by atoms with van der Waals surface area (Å²) in [5.41, 5.74) is 0.545. The van der Waals surface area contributed by atoms with Crippen LogP contribution in [0.2, 0.25) is 0 Å². The molecule has 2 rings (SSSR count). The van der Waals surface area contributed by atoms with Crippen molar-refractivity contribution in [3.8, 4) is 0 Å². The summed E-state index contributed by atoms with van der Waals surface area (Å²) in [6, 6.07) is 4.48. The maximum absolute atomic E-state index is 13.7. The Balaban J connectivity index is 2.34. The predicted octanol–water partition coefficient (Wildman–Crippen LogP) is 3.54. The molecule has 1 aromatic rings. The van der Waals surface area contributed by atoms with Crippen LogP contribution in [0.25, 0.3) is 0 Å². The van der Waals surface area contributed by atoms with Crippen LogP contribution in [-0.4, -0.2) is 24.2 Å². The molecular formula is C15H20FNO2. The van der Waals surface area contributed by atoms with Gasteiger partial charge < -0.3 is 10.0 Å². The van der Waals surface area contributed by atoms with Crippen LogP contribution in [0.4, 0.5) is 10.1 Å². The predicted molar refractivity (Wildman–Crippen MR) is 73.2 cm³/mol. The first-order valence-electron chi connectivity index (χ1n) is 6.80. The normalized spacial score (nSPS) is 17.7. The van der Waals surface area contributed by atoms with Gasteiger partial charge in [0.1, 0.15) is 11.4 Å². The Morgan fingerprint density at radius 3 is 2.63 bits per heavy atom. The summed E-state index contributed by atoms with van der Waals surface area (Å²) < 4.78 is 13.7. The molecule has 3 nitrogen and oxygen atoms in total. The van der Waals surface area contributed by atoms with Crippen LogP contribution < -0.4 is 4.90 Å². The lowest BCUT2D eigenvalue weighted by atomic mass is 9.82. The summed E-state index contributed by atoms with van der Waals surface area (Å²) in [5, 5.41) is 9.18. The quantitative estimate of drug-likeness (QED) is 0.905. The van der Waals surface area contributed by atoms with Crippen molar-refractivity contribution >= 4 is 11.7 Å². The lowest BCUT2D eigenvalue weighted by molar-refractivity contribution is 0.0692. The zero-order valence-corrected chi connectivity index (χ0v) is 11.4. The summed E-state index contributed by atoms with van der Waals surface area (Å²) in [7, 11) is 0. The molecule has 0 unspecified atom stereocenters. The Morgan fingerprint density at radius 2 is 2.11 bits per heavy atom. The average molecular weight is 265 g/mol. The lowest BCUT2D eigenvalue weighted by Gasteiger charge is -2.27. The molecule has 1 saturated heterocycles. The van der Waals surface area contributed by atoms with E-state index in [1.54, 1.807) is 12.1 Å². The van der Waals surface area contributed by atoms with E-state index in [1.165, 1.54) is 6.07 Å². The van der Waals surface area contributed by atoms with Crippen LogP contribution in [0.5, 0.6) is 0 Å². The minimum atomic E-state index is -1.20. The van der Waals surface area contributed by atoms with Gasteiger partial charge in [0.2, 0.25) is 0 Å². The number of nitrogens with zero attached hydrogens (tertiary/aromatic N) is 1. The number of rotatable bonds is 4. The number of carboxylic acid groups (broad SMARTS) is 1. The van der Waals surface area contributed by atoms with Gasteiger partial charge in [-0.05, 0) is 36.8 Å². The first-order chi connectivity index (χ1) is 9.03. The van der Waals surface area contributed by atoms with Gasteiger partial charge in [0, 0.05) is 13.1 Å². The lowest BCUT2D eigenvalue weighted by Crippen LogP contribution is -2.27. The van der Waals surface area contributed by atoms with Gasteiger partial charge in [0.25, 0.3) is 0 Å². The third kappa shape index (κ3) is 2.44. The third-order valence-corrected chi connectivity index (χ3v) is 4.48. The SMILES string of the molecule is CCC1(CC)CCN(c2cccc(F)c2C(=O)O)C1. The van der Waals surface area contributed by atoms with E-state index in [0.717, 1.165) is 32.4 Å². The van der Waals surface area contributed by atoms with Crippen molar-refractivity contribution in [3.63, 3.8) is 0 Å². The van der Waals surface area contributed by atoms with Crippen LogP contribution in [0, 0.1) is 11.2 Å². The second kappa shape index (κ2) is 5.19. The molecule has 1 aromatic carbocycles. The van der Waals surface area contributed by atoms with Crippen LogP contribution in [0.1, 0.15) is 43.5 Å². The van der Waals surface area contributed by atoms with Gasteiger partial charge in [-0.2, -0.15) is 0 Å². The van der Waals surface area contributed by atoms with E-state index >= 15 is 0 Å². The Hall–Kier alpha value is -1.58. The largest absolute Gasteiger partial charge is 0.478 e. The fourth-order valence-corrected chi connectivity index (χ4v) is 2.96. The molecule has 0 radical (unpaired) electrons. The van der Waals surface area contributed by atoms with Crippen molar-refractivity contribution in [2.24, 2.45) is 5.41 Å². The van der Waals surface area contributed by atoms with Gasteiger partial charge in [0.05, 0.1) is 5.69 Å². The molecule has 1 heterocycles. The molecule has 104 valence electrons. The number of hydrogen-bond acceptors (Lipinski definition) is 2. The molecule has 1 aliphatic heterocycles. The number of halogens is 1. The second-order valence-corrected chi connectivity index (χ2v) is 5.32. The van der Waals surface area contributed by atoms with Gasteiger partial charge in [0.15, 0.2) is 0 Å². The van der Waals surface area contributed by atoms with E-state index in [0.29, 0.717) is 5.69 Å². The van der Waals surface area contributed by atoms with Crippen molar-refractivity contribution in [2.75, 3.05) is 18.0 Å². The highest BCUT2D eigenvalue weighted by Gasteiger charge is 2.36. The van der Waals surface area contributed by atoms with Gasteiger partial charge >= 0.3 is 5.97 Å². The molecule has 1 aliphatic rings. The molecule has 0 spiro atoms. The van der Waals surface area contributed by atoms with Gasteiger partial charge in [-0.3, -0.25) is 0 Å². The average Bonchev–Trinajstić information content (AvgIpc) is 2.83. The van der Waals surface area contributed by atoms with Crippen molar-refractivity contribution in [2.45, 2.75) is 33.1 Å². The number of benzene rings is 1. The highest BCUT2D eigenvalue weighted by Crippen LogP contribution is 2.40. The zero-order chi connectivity index (χ0) is 14.0. The molecule has 0 bridgehead atoms. The van der Waals surface area contributed by atoms with Crippen molar-refractivity contribution in [3.05, 3.63) is 29.6 Å². The smallest absolute Gasteiger partial charge is 0.340 e. The third-order valence-electron chi connectivity index (χ3n) is 4.48. The standard InChI is InChI=1S/C15H20FNO2/c1-3-15(4-2)8-9-17(10-15)12-7-5-6-11(16)13(12)14(18)19/h5-7H,3-4,8-10H2,1-2H3,(H,18,19). The van der Waals surface area contributed by atoms with E-state index in [2.05, 4.69) is 13.8 Å². The molecule has 4 heteroatoms. The van der Waals surface area contributed by atoms with Crippen molar-refractivity contribution in [1.29, 1.82) is 0 Å². The fourth-order valence-electron chi connectivity index (χ4n) is 2.96. The van der Waals surface area contributed by atoms with E-state index in [-0.39, 0.29) is 11.0 Å². The maximum Gasteiger partial charge on any atom is 0.340 e. The zero-order valence-electron chi connectivity index (χ0n) is 11.4. The minimum absolute atomic E-state index is 0.203. The molecule has 0 amide bonds. The summed E-state index contributed by atoms with van der Waals surface area (Å²) >= 11 is 0. The monoisotopic (exact) mass is 265 g/mol. The fraction of sp³-hybridized carbons (Fsp3) is 0.533. The number of hydrogen-bond donors (Lipinski definition) is 1. The Kier molecular flexibility index (Phi) is 3.78. The van der Waals surface area contributed by atoms with Crippen LogP contribution in [0.15, 0.2) is 18.2 Å². The van der Waals surface area contributed by atoms with Crippen LogP contribution >= 0.6 is 0 Å². The van der Waals surface area contributed by atoms with Crippen LogP contribution in [0.3, 0.4) is 0 Å². The van der Waals surface area contributed by atoms with Gasteiger partial charge in [-0.15, -0.1) is 0 Å². The molecule has 1 fully saturated rings. The van der Waals surface area contributed by atoms with Crippen molar-refractivity contribution in [1.82, 2.24) is 0 Å². The molecule has 1 N–H and O–H groups in total. The molecule has 19 heavy (non-hydrogen) atoms. The molecular weight excluding hydrogens is 245 g/mol. The second-order valence-electron chi connectivity index (χ2n) is 5.32. The topological polar surface area (TPSA) is 40.5 Å². The van der Waals surface area contributed by atoms with E-state index in [4.69, 9.17) is 0 Å². The summed E-state index contributed by atoms with van der Waals surface area (Å²) in [4.78, 5) is 13.2. The number of aromatic carboxylic acids is 1. The summed E-state index contributed by atoms with van der Waals surface area (Å²) in [6.07, 6.45) is 3.17. The van der Waals surface area contributed by atoms with E-state index in [9.17, 15) is 14.3 Å². The van der Waals surface area contributed by atoms with E-state index in [1.807, 2.05) is 4.90 Å². The summed E-state index contributed by atoms with van der Waals surface area (Å²) in [6.45, 7) is 5.93. The molecule has 0 atom stereocenters. The Bertz CT molecular complexity index is 483. The first-order valence-corrected chi connectivity index (χ1v) is 6.80. The highest BCUT2D eigenvalue weighted by molar-refractivity contribution is 5.94. The number of carboxylic acids is 1. The van der Waals surface area contributed by atoms with Crippen molar-refractivity contribution < 1.29 is 14.3 Å². The number of anilines is 1. The first kappa shape index (κ1) is 13.8. The Labute approximate surface area is 113 Å². The van der Waals surface area contributed by atoms with E-state index < -0.39 is 11.8 Å². The summed E-state index contributed by atoms with van der Waals surface area (Å²) in [5.74, 6) is -1.85.